The van der Waals surface area contributed by atoms with Crippen LogP contribution < -0.4 is 15.8 Å². The molecule has 0 aromatic heterocycles. The van der Waals surface area contributed by atoms with E-state index in [0.717, 1.165) is 11.3 Å². The van der Waals surface area contributed by atoms with E-state index in [4.69, 9.17) is 10.5 Å². The molecule has 1 aliphatic rings. The van der Waals surface area contributed by atoms with Gasteiger partial charge < -0.3 is 15.8 Å². The summed E-state index contributed by atoms with van der Waals surface area (Å²) in [4.78, 5) is 23.6. The first-order valence-electron chi connectivity index (χ1n) is 6.59. The number of carbonyl (C=O) groups excluding carboxylic acids is 2. The molecule has 0 saturated carbocycles. The number of hydrogen-bond acceptors (Lipinski definition) is 3. The molecule has 2 aromatic carbocycles. The minimum Gasteiger partial charge on any atom is -0.480 e. The number of hydrogen-bond donors (Lipinski definition) is 2. The molecular weight excluding hydrogens is 268 g/mol. The fourth-order valence-electron chi connectivity index (χ4n) is 2.35. The molecule has 0 fully saturated rings. The fourth-order valence-corrected chi connectivity index (χ4v) is 2.35. The number of nitrogens with two attached hydrogens (primary N) is 1. The van der Waals surface area contributed by atoms with E-state index in [1.165, 1.54) is 0 Å². The third-order valence-electron chi connectivity index (χ3n) is 3.39. The maximum Gasteiger partial charge on any atom is 0.265 e. The molecule has 21 heavy (non-hydrogen) atoms. The highest BCUT2D eigenvalue weighted by molar-refractivity contribution is 6.04. The summed E-state index contributed by atoms with van der Waals surface area (Å²) in [5, 5.41) is 2.70. The molecule has 3 N–H and O–H groups in total. The van der Waals surface area contributed by atoms with Crippen molar-refractivity contribution in [3.63, 3.8) is 0 Å². The zero-order valence-corrected chi connectivity index (χ0v) is 11.2. The summed E-state index contributed by atoms with van der Waals surface area (Å²) in [6.45, 7) is 0. The van der Waals surface area contributed by atoms with Gasteiger partial charge in [0.1, 0.15) is 5.75 Å². The van der Waals surface area contributed by atoms with E-state index in [-0.39, 0.29) is 11.5 Å². The van der Waals surface area contributed by atoms with Gasteiger partial charge in [0, 0.05) is 6.42 Å². The lowest BCUT2D eigenvalue weighted by Crippen LogP contribution is -2.32. The second kappa shape index (κ2) is 5.28. The van der Waals surface area contributed by atoms with Gasteiger partial charge in [-0.2, -0.15) is 0 Å². The molecule has 3 rings (SSSR count). The third kappa shape index (κ3) is 2.58. The van der Waals surface area contributed by atoms with Gasteiger partial charge in [-0.3, -0.25) is 9.59 Å². The van der Waals surface area contributed by atoms with Crippen molar-refractivity contribution in [2.75, 3.05) is 5.32 Å². The molecule has 0 bridgehead atoms. The van der Waals surface area contributed by atoms with Gasteiger partial charge in [-0.1, -0.05) is 30.3 Å². The van der Waals surface area contributed by atoms with Gasteiger partial charge in [0.05, 0.1) is 11.3 Å². The average Bonchev–Trinajstić information content (AvgIpc) is 2.91. The van der Waals surface area contributed by atoms with Crippen molar-refractivity contribution >= 4 is 17.5 Å². The van der Waals surface area contributed by atoms with Crippen LogP contribution in [-0.4, -0.2) is 17.9 Å². The predicted molar refractivity (Wildman–Crippen MR) is 78.2 cm³/mol. The number of primary amides is 1. The van der Waals surface area contributed by atoms with Crippen LogP contribution in [0.2, 0.25) is 0 Å². The summed E-state index contributed by atoms with van der Waals surface area (Å²) in [7, 11) is 0. The van der Waals surface area contributed by atoms with E-state index in [2.05, 4.69) is 5.32 Å². The monoisotopic (exact) mass is 282 g/mol. The number of rotatable bonds is 3. The Labute approximate surface area is 121 Å². The summed E-state index contributed by atoms with van der Waals surface area (Å²) in [5.41, 5.74) is 6.97. The van der Waals surface area contributed by atoms with Gasteiger partial charge >= 0.3 is 0 Å². The molecule has 0 radical (unpaired) electrons. The Morgan fingerprint density at radius 1 is 1.10 bits per heavy atom. The van der Waals surface area contributed by atoms with Gasteiger partial charge in [0.15, 0.2) is 6.10 Å². The smallest absolute Gasteiger partial charge is 0.265 e. The second-order valence-electron chi connectivity index (χ2n) is 4.82. The van der Waals surface area contributed by atoms with E-state index >= 15 is 0 Å². The van der Waals surface area contributed by atoms with Crippen LogP contribution in [0.3, 0.4) is 0 Å². The van der Waals surface area contributed by atoms with Crippen molar-refractivity contribution in [3.8, 4) is 5.75 Å². The highest BCUT2D eigenvalue weighted by atomic mass is 16.5. The van der Waals surface area contributed by atoms with Crippen LogP contribution >= 0.6 is 0 Å². The number of nitrogens with one attached hydrogen (secondary N) is 1. The Balaban J connectivity index is 1.76. The SMILES string of the molecule is NC(=O)c1ccccc1NC(=O)C1Cc2ccccc2O1. The minimum absolute atomic E-state index is 0.279. The molecule has 1 heterocycles. The van der Waals surface area contributed by atoms with E-state index in [1.54, 1.807) is 24.3 Å². The van der Waals surface area contributed by atoms with Gasteiger partial charge in [0.25, 0.3) is 11.8 Å². The van der Waals surface area contributed by atoms with E-state index in [1.807, 2.05) is 24.3 Å². The third-order valence-corrected chi connectivity index (χ3v) is 3.39. The summed E-state index contributed by atoms with van der Waals surface area (Å²) in [5.74, 6) is -0.151. The van der Waals surface area contributed by atoms with Crippen LogP contribution in [0.5, 0.6) is 5.75 Å². The van der Waals surface area contributed by atoms with Crippen molar-refractivity contribution in [1.82, 2.24) is 0 Å². The molecule has 1 unspecified atom stereocenters. The van der Waals surface area contributed by atoms with Gasteiger partial charge in [-0.25, -0.2) is 0 Å². The van der Waals surface area contributed by atoms with Crippen molar-refractivity contribution in [2.24, 2.45) is 5.73 Å². The maximum absolute atomic E-state index is 12.3. The second-order valence-corrected chi connectivity index (χ2v) is 4.82. The van der Waals surface area contributed by atoms with Gasteiger partial charge in [-0.15, -0.1) is 0 Å². The van der Waals surface area contributed by atoms with Crippen molar-refractivity contribution in [1.29, 1.82) is 0 Å². The quantitative estimate of drug-likeness (QED) is 0.899. The highest BCUT2D eigenvalue weighted by Crippen LogP contribution is 2.28. The molecule has 0 saturated heterocycles. The van der Waals surface area contributed by atoms with E-state index in [9.17, 15) is 9.59 Å². The average molecular weight is 282 g/mol. The summed E-state index contributed by atoms with van der Waals surface area (Å²) < 4.78 is 5.61. The molecule has 0 aliphatic carbocycles. The molecule has 2 amide bonds. The standard InChI is InChI=1S/C16H14N2O3/c17-15(19)11-6-2-3-7-12(11)18-16(20)14-9-10-5-1-4-8-13(10)21-14/h1-8,14H,9H2,(H2,17,19)(H,18,20). The summed E-state index contributed by atoms with van der Waals surface area (Å²) >= 11 is 0. The molecular formula is C16H14N2O3. The Bertz CT molecular complexity index is 687. The van der Waals surface area contributed by atoms with Crippen LogP contribution in [-0.2, 0) is 11.2 Å². The largest absolute Gasteiger partial charge is 0.480 e. The number of ether oxygens (including phenoxy) is 1. The van der Waals surface area contributed by atoms with Gasteiger partial charge in [-0.05, 0) is 23.8 Å². The number of anilines is 1. The van der Waals surface area contributed by atoms with Crippen molar-refractivity contribution in [2.45, 2.75) is 12.5 Å². The number of fused-ring (bicyclic) bond motifs is 1. The van der Waals surface area contributed by atoms with Crippen LogP contribution in [0, 0.1) is 0 Å². The van der Waals surface area contributed by atoms with Crippen LogP contribution in [0.15, 0.2) is 48.5 Å². The predicted octanol–water partition coefficient (Wildman–Crippen LogP) is 1.73. The summed E-state index contributed by atoms with van der Waals surface area (Å²) in [6.07, 6.45) is -0.0795. The molecule has 1 aliphatic heterocycles. The Kier molecular flexibility index (Phi) is 3.31. The number of carbonyl (C=O) groups is 2. The minimum atomic E-state index is -0.594. The maximum atomic E-state index is 12.3. The molecule has 5 nitrogen and oxygen atoms in total. The molecule has 1 atom stereocenters. The topological polar surface area (TPSA) is 81.4 Å². The zero-order valence-electron chi connectivity index (χ0n) is 11.2. The van der Waals surface area contributed by atoms with Gasteiger partial charge in [0.2, 0.25) is 0 Å². The van der Waals surface area contributed by atoms with Crippen LogP contribution in [0.25, 0.3) is 0 Å². The zero-order chi connectivity index (χ0) is 14.8. The normalized spacial score (nSPS) is 15.9. The molecule has 5 heteroatoms. The van der Waals surface area contributed by atoms with Crippen molar-refractivity contribution in [3.05, 3.63) is 59.7 Å². The first-order valence-corrected chi connectivity index (χ1v) is 6.59. The highest BCUT2D eigenvalue weighted by Gasteiger charge is 2.29. The lowest BCUT2D eigenvalue weighted by atomic mass is 10.1. The number of para-hydroxylation sites is 2. The first kappa shape index (κ1) is 13.2. The van der Waals surface area contributed by atoms with E-state index < -0.39 is 12.0 Å². The van der Waals surface area contributed by atoms with Crippen LogP contribution in [0.1, 0.15) is 15.9 Å². The number of amides is 2. The Morgan fingerprint density at radius 2 is 1.81 bits per heavy atom. The lowest BCUT2D eigenvalue weighted by molar-refractivity contribution is -0.122. The van der Waals surface area contributed by atoms with Crippen molar-refractivity contribution < 1.29 is 14.3 Å². The Hall–Kier alpha value is -2.82. The molecule has 2 aromatic rings. The molecule has 0 spiro atoms. The summed E-state index contributed by atoms with van der Waals surface area (Å²) in [6, 6.07) is 14.2. The fraction of sp³-hybridized carbons (Fsp3) is 0.125. The first-order chi connectivity index (χ1) is 10.1. The lowest BCUT2D eigenvalue weighted by Gasteiger charge is -2.13. The van der Waals surface area contributed by atoms with E-state index in [0.29, 0.717) is 12.1 Å². The van der Waals surface area contributed by atoms with Crippen LogP contribution in [0.4, 0.5) is 5.69 Å². The number of benzene rings is 2. The molecule has 106 valence electrons. The Morgan fingerprint density at radius 3 is 2.57 bits per heavy atom.